The molecule has 2 nitrogen and oxygen atoms in total. The zero-order chi connectivity index (χ0) is 11.3. The molecular formula is C12H11FN2. The van der Waals surface area contributed by atoms with Gasteiger partial charge in [0.2, 0.25) is 0 Å². The standard InChI is InChI=1S/C12H11FN2/c1-3-10(4-2)15-11-5-6-12(13)9(7-11)8-14/h1,5-7,10,15H,4H2,2H3. The molecule has 1 atom stereocenters. The van der Waals surface area contributed by atoms with Crippen LogP contribution in [0.25, 0.3) is 0 Å². The molecule has 76 valence electrons. The van der Waals surface area contributed by atoms with Gasteiger partial charge in [-0.3, -0.25) is 0 Å². The van der Waals surface area contributed by atoms with Crippen molar-refractivity contribution in [1.29, 1.82) is 5.26 Å². The second kappa shape index (κ2) is 5.02. The second-order valence-corrected chi connectivity index (χ2v) is 3.08. The maximum absolute atomic E-state index is 13.0. The van der Waals surface area contributed by atoms with E-state index >= 15 is 0 Å². The Bertz CT molecular complexity index is 426. The lowest BCUT2D eigenvalue weighted by Gasteiger charge is -2.12. The van der Waals surface area contributed by atoms with Crippen molar-refractivity contribution in [3.8, 4) is 18.4 Å². The van der Waals surface area contributed by atoms with Crippen LogP contribution in [-0.4, -0.2) is 6.04 Å². The smallest absolute Gasteiger partial charge is 0.141 e. The highest BCUT2D eigenvalue weighted by atomic mass is 19.1. The Morgan fingerprint density at radius 1 is 1.60 bits per heavy atom. The molecule has 0 aromatic heterocycles. The van der Waals surface area contributed by atoms with E-state index in [0.29, 0.717) is 5.69 Å². The van der Waals surface area contributed by atoms with Crippen LogP contribution in [0.3, 0.4) is 0 Å². The van der Waals surface area contributed by atoms with Crippen LogP contribution >= 0.6 is 0 Å². The molecule has 3 heteroatoms. The van der Waals surface area contributed by atoms with Crippen LogP contribution in [0.4, 0.5) is 10.1 Å². The van der Waals surface area contributed by atoms with E-state index in [2.05, 4.69) is 11.2 Å². The SMILES string of the molecule is C#CC(CC)Nc1ccc(F)c(C#N)c1. The van der Waals surface area contributed by atoms with Gasteiger partial charge in [-0.15, -0.1) is 6.42 Å². The van der Waals surface area contributed by atoms with Gasteiger partial charge in [-0.05, 0) is 24.6 Å². The van der Waals surface area contributed by atoms with Crippen molar-refractivity contribution in [3.63, 3.8) is 0 Å². The van der Waals surface area contributed by atoms with Crippen LogP contribution in [-0.2, 0) is 0 Å². The molecule has 0 aliphatic carbocycles. The lowest BCUT2D eigenvalue weighted by molar-refractivity contribution is 0.624. The van der Waals surface area contributed by atoms with Crippen molar-refractivity contribution in [2.75, 3.05) is 5.32 Å². The van der Waals surface area contributed by atoms with Gasteiger partial charge in [-0.25, -0.2) is 4.39 Å². The number of rotatable bonds is 3. The van der Waals surface area contributed by atoms with E-state index < -0.39 is 5.82 Å². The first kappa shape index (κ1) is 11.1. The number of anilines is 1. The maximum Gasteiger partial charge on any atom is 0.141 e. The fourth-order valence-electron chi connectivity index (χ4n) is 1.16. The van der Waals surface area contributed by atoms with E-state index in [1.54, 1.807) is 12.1 Å². The molecule has 0 saturated carbocycles. The first-order valence-electron chi connectivity index (χ1n) is 4.63. The number of nitrogens with zero attached hydrogens (tertiary/aromatic N) is 1. The molecule has 0 heterocycles. The first-order valence-corrected chi connectivity index (χ1v) is 4.63. The van der Waals surface area contributed by atoms with Crippen LogP contribution in [0.15, 0.2) is 18.2 Å². The summed E-state index contributed by atoms with van der Waals surface area (Å²) in [7, 11) is 0. The van der Waals surface area contributed by atoms with Gasteiger partial charge >= 0.3 is 0 Å². The zero-order valence-corrected chi connectivity index (χ0v) is 8.42. The molecule has 1 rings (SSSR count). The molecule has 0 aliphatic rings. The number of hydrogen-bond donors (Lipinski definition) is 1. The normalized spacial score (nSPS) is 11.2. The Morgan fingerprint density at radius 2 is 2.33 bits per heavy atom. The van der Waals surface area contributed by atoms with Gasteiger partial charge in [0, 0.05) is 5.69 Å². The molecule has 0 bridgehead atoms. The third-order valence-corrected chi connectivity index (χ3v) is 2.04. The molecule has 15 heavy (non-hydrogen) atoms. The number of nitriles is 1. The van der Waals surface area contributed by atoms with Crippen LogP contribution in [0, 0.1) is 29.5 Å². The van der Waals surface area contributed by atoms with Crippen molar-refractivity contribution in [3.05, 3.63) is 29.6 Å². The van der Waals surface area contributed by atoms with E-state index in [0.717, 1.165) is 6.42 Å². The molecule has 0 fully saturated rings. The zero-order valence-electron chi connectivity index (χ0n) is 8.42. The number of nitrogens with one attached hydrogen (secondary N) is 1. The molecule has 0 aliphatic heterocycles. The summed E-state index contributed by atoms with van der Waals surface area (Å²) in [5, 5.41) is 11.7. The Hall–Kier alpha value is -2.00. The molecule has 0 amide bonds. The average molecular weight is 202 g/mol. The molecule has 1 unspecified atom stereocenters. The van der Waals surface area contributed by atoms with Gasteiger partial charge in [-0.2, -0.15) is 5.26 Å². The molecule has 1 N–H and O–H groups in total. The monoisotopic (exact) mass is 202 g/mol. The molecule has 0 radical (unpaired) electrons. The van der Waals surface area contributed by atoms with Gasteiger partial charge in [0.1, 0.15) is 11.9 Å². The molecule has 0 spiro atoms. The number of benzene rings is 1. The predicted octanol–water partition coefficient (Wildman–Crippen LogP) is 2.52. The largest absolute Gasteiger partial charge is 0.372 e. The van der Waals surface area contributed by atoms with E-state index in [9.17, 15) is 4.39 Å². The molecular weight excluding hydrogens is 191 g/mol. The summed E-state index contributed by atoms with van der Waals surface area (Å²) in [4.78, 5) is 0. The third kappa shape index (κ3) is 2.72. The maximum atomic E-state index is 13.0. The van der Waals surface area contributed by atoms with Crippen LogP contribution < -0.4 is 5.32 Å². The van der Waals surface area contributed by atoms with E-state index in [1.165, 1.54) is 12.1 Å². The van der Waals surface area contributed by atoms with Crippen molar-refractivity contribution < 1.29 is 4.39 Å². The Balaban J connectivity index is 2.89. The lowest BCUT2D eigenvalue weighted by atomic mass is 10.1. The van der Waals surface area contributed by atoms with E-state index in [-0.39, 0.29) is 11.6 Å². The van der Waals surface area contributed by atoms with Crippen molar-refractivity contribution in [2.45, 2.75) is 19.4 Å². The van der Waals surface area contributed by atoms with Gasteiger partial charge < -0.3 is 5.32 Å². The Labute approximate surface area is 88.7 Å². The minimum atomic E-state index is -0.517. The van der Waals surface area contributed by atoms with Gasteiger partial charge in [0.15, 0.2) is 0 Å². The summed E-state index contributed by atoms with van der Waals surface area (Å²) in [6, 6.07) is 5.96. The lowest BCUT2D eigenvalue weighted by Crippen LogP contribution is -2.15. The van der Waals surface area contributed by atoms with Crippen molar-refractivity contribution >= 4 is 5.69 Å². The molecule has 0 saturated heterocycles. The van der Waals surface area contributed by atoms with Crippen molar-refractivity contribution in [1.82, 2.24) is 0 Å². The number of hydrogen-bond acceptors (Lipinski definition) is 2. The van der Waals surface area contributed by atoms with Gasteiger partial charge in [0.05, 0.1) is 11.6 Å². The van der Waals surface area contributed by atoms with Crippen LogP contribution in [0.2, 0.25) is 0 Å². The second-order valence-electron chi connectivity index (χ2n) is 3.08. The minimum Gasteiger partial charge on any atom is -0.372 e. The minimum absolute atomic E-state index is 0.0203. The summed E-state index contributed by atoms with van der Waals surface area (Å²) in [5.41, 5.74) is 0.685. The highest BCUT2D eigenvalue weighted by molar-refractivity contribution is 5.51. The highest BCUT2D eigenvalue weighted by Crippen LogP contribution is 2.15. The van der Waals surface area contributed by atoms with Crippen LogP contribution in [0.1, 0.15) is 18.9 Å². The predicted molar refractivity (Wildman–Crippen MR) is 57.6 cm³/mol. The van der Waals surface area contributed by atoms with E-state index in [4.69, 9.17) is 11.7 Å². The highest BCUT2D eigenvalue weighted by Gasteiger charge is 2.05. The Kier molecular flexibility index (Phi) is 3.71. The van der Waals surface area contributed by atoms with Crippen molar-refractivity contribution in [2.24, 2.45) is 0 Å². The fraction of sp³-hybridized carbons (Fsp3) is 0.250. The topological polar surface area (TPSA) is 35.8 Å². The summed E-state index contributed by atoms with van der Waals surface area (Å²) < 4.78 is 13.0. The summed E-state index contributed by atoms with van der Waals surface area (Å²) in [5.74, 6) is 2.05. The number of terminal acetylenes is 1. The van der Waals surface area contributed by atoms with E-state index in [1.807, 2.05) is 6.92 Å². The van der Waals surface area contributed by atoms with Crippen LogP contribution in [0.5, 0.6) is 0 Å². The van der Waals surface area contributed by atoms with Gasteiger partial charge in [0.25, 0.3) is 0 Å². The van der Waals surface area contributed by atoms with Gasteiger partial charge in [-0.1, -0.05) is 12.8 Å². The summed E-state index contributed by atoms with van der Waals surface area (Å²) in [6.45, 7) is 1.95. The first-order chi connectivity index (χ1) is 7.21. The number of halogens is 1. The average Bonchev–Trinajstić information content (AvgIpc) is 2.28. The summed E-state index contributed by atoms with van der Waals surface area (Å²) in [6.07, 6.45) is 6.05. The third-order valence-electron chi connectivity index (χ3n) is 2.04. The molecule has 1 aromatic carbocycles. The summed E-state index contributed by atoms with van der Waals surface area (Å²) >= 11 is 0. The Morgan fingerprint density at radius 3 is 2.87 bits per heavy atom. The quantitative estimate of drug-likeness (QED) is 0.764. The molecule has 1 aromatic rings. The fourth-order valence-corrected chi connectivity index (χ4v) is 1.16.